The van der Waals surface area contributed by atoms with E-state index in [0.717, 1.165) is 6.20 Å². The Labute approximate surface area is 197 Å². The molecule has 1 aromatic heterocycles. The van der Waals surface area contributed by atoms with E-state index in [0.29, 0.717) is 16.8 Å². The van der Waals surface area contributed by atoms with Crippen molar-refractivity contribution >= 4 is 27.8 Å². The van der Waals surface area contributed by atoms with Crippen LogP contribution >= 0.6 is 0 Å². The number of urea groups is 1. The van der Waals surface area contributed by atoms with Crippen LogP contribution in [0.1, 0.15) is 50.7 Å². The summed E-state index contributed by atoms with van der Waals surface area (Å²) in [5.41, 5.74) is 1.45. The lowest BCUT2D eigenvalue weighted by atomic mass is 9.92. The number of anilines is 1. The van der Waals surface area contributed by atoms with Crippen LogP contribution in [0.25, 0.3) is 0 Å². The maximum Gasteiger partial charge on any atom is 0.407 e. The predicted octanol–water partition coefficient (Wildman–Crippen LogP) is 2.90. The highest BCUT2D eigenvalue weighted by Crippen LogP contribution is 2.34. The number of carbonyl (C=O) groups is 2. The number of benzene rings is 1. The van der Waals surface area contributed by atoms with E-state index in [1.165, 1.54) is 23.9 Å². The monoisotopic (exact) mass is 497 g/mol. The molecule has 1 unspecified atom stereocenters. The van der Waals surface area contributed by atoms with Gasteiger partial charge >= 0.3 is 12.1 Å². The van der Waals surface area contributed by atoms with Crippen LogP contribution < -0.4 is 20.1 Å². The van der Waals surface area contributed by atoms with Gasteiger partial charge in [-0.3, -0.25) is 0 Å². The first-order chi connectivity index (χ1) is 15.9. The summed E-state index contributed by atoms with van der Waals surface area (Å²) >= 11 is 0. The fraction of sp³-hybridized carbons (Fsp3) is 0.476. The van der Waals surface area contributed by atoms with Crippen LogP contribution in [0.5, 0.6) is 5.88 Å². The van der Waals surface area contributed by atoms with E-state index in [1.807, 2.05) is 32.4 Å². The average Bonchev–Trinajstić information content (AvgIpc) is 3.18. The quantitative estimate of drug-likeness (QED) is 0.557. The molecule has 34 heavy (non-hydrogen) atoms. The van der Waals surface area contributed by atoms with Gasteiger partial charge in [0.2, 0.25) is 5.88 Å². The number of hydrogen-bond donors (Lipinski definition) is 3. The Morgan fingerprint density at radius 3 is 2.38 bits per heavy atom. The van der Waals surface area contributed by atoms with Gasteiger partial charge < -0.3 is 20.1 Å². The number of sulfonamides is 1. The summed E-state index contributed by atoms with van der Waals surface area (Å²) in [5.74, 6) is -0.764. The van der Waals surface area contributed by atoms with Crippen molar-refractivity contribution in [2.75, 3.05) is 19.0 Å². The van der Waals surface area contributed by atoms with Crippen molar-refractivity contribution in [1.82, 2.24) is 19.8 Å². The van der Waals surface area contributed by atoms with Gasteiger partial charge in [-0.25, -0.2) is 31.8 Å². The molecular weight excluding hydrogens is 469 g/mol. The number of alkyl carbamates (subject to hydrolysis) is 1. The van der Waals surface area contributed by atoms with Gasteiger partial charge in [0.1, 0.15) is 12.4 Å². The highest BCUT2D eigenvalue weighted by Gasteiger charge is 2.32. The van der Waals surface area contributed by atoms with Crippen LogP contribution in [-0.2, 0) is 21.3 Å². The second-order valence-corrected chi connectivity index (χ2v) is 10.1. The van der Waals surface area contributed by atoms with E-state index in [2.05, 4.69) is 15.7 Å². The molecule has 1 atom stereocenters. The molecule has 0 saturated carbocycles. The Kier molecular flexibility index (Phi) is 7.34. The molecule has 0 aliphatic carbocycles. The number of ether oxygens (including phenoxy) is 2. The van der Waals surface area contributed by atoms with Gasteiger partial charge in [-0.05, 0) is 35.1 Å². The van der Waals surface area contributed by atoms with Gasteiger partial charge in [-0.1, -0.05) is 27.7 Å². The minimum absolute atomic E-state index is 0.0789. The molecule has 1 aliphatic rings. The first kappa shape index (κ1) is 25.3. The lowest BCUT2D eigenvalue weighted by Crippen LogP contribution is -2.38. The fourth-order valence-electron chi connectivity index (χ4n) is 3.54. The molecule has 1 aromatic carbocycles. The lowest BCUT2D eigenvalue weighted by Gasteiger charge is -2.24. The molecular formula is C21H28FN5O6S. The van der Waals surface area contributed by atoms with Crippen molar-refractivity contribution in [3.63, 3.8) is 0 Å². The molecule has 3 N–H and O–H groups in total. The molecule has 0 bridgehead atoms. The Bertz CT molecular complexity index is 1170. The van der Waals surface area contributed by atoms with Gasteiger partial charge in [0.15, 0.2) is 11.0 Å². The molecule has 1 aliphatic heterocycles. The van der Waals surface area contributed by atoms with Crippen LogP contribution in [0, 0.1) is 5.82 Å². The number of rotatable bonds is 6. The van der Waals surface area contributed by atoms with Gasteiger partial charge in [-0.2, -0.15) is 5.10 Å². The van der Waals surface area contributed by atoms with Gasteiger partial charge in [0.05, 0.1) is 12.7 Å². The molecule has 2 heterocycles. The maximum absolute atomic E-state index is 14.1. The minimum atomic E-state index is -4.36. The summed E-state index contributed by atoms with van der Waals surface area (Å²) in [6.45, 7) is 7.37. The second kappa shape index (κ2) is 9.87. The molecule has 11 nitrogen and oxygen atoms in total. The summed E-state index contributed by atoms with van der Waals surface area (Å²) < 4.78 is 53.7. The Morgan fingerprint density at radius 1 is 1.21 bits per heavy atom. The van der Waals surface area contributed by atoms with Crippen molar-refractivity contribution in [3.8, 4) is 5.88 Å². The van der Waals surface area contributed by atoms with Crippen LogP contribution in [0.2, 0.25) is 0 Å². The highest BCUT2D eigenvalue weighted by atomic mass is 32.2. The van der Waals surface area contributed by atoms with Gasteiger partial charge in [0.25, 0.3) is 10.0 Å². The lowest BCUT2D eigenvalue weighted by molar-refractivity contribution is 0.0300. The van der Waals surface area contributed by atoms with E-state index in [1.54, 1.807) is 0 Å². The average molecular weight is 498 g/mol. The third-order valence-corrected chi connectivity index (χ3v) is 6.50. The molecule has 0 spiro atoms. The van der Waals surface area contributed by atoms with E-state index >= 15 is 0 Å². The number of halogens is 1. The number of carbonyl (C=O) groups excluding carboxylic acids is 2. The second-order valence-electron chi connectivity index (χ2n) is 8.41. The summed E-state index contributed by atoms with van der Waals surface area (Å²) in [6, 6.07) is 1.63. The van der Waals surface area contributed by atoms with Crippen LogP contribution in [0.15, 0.2) is 23.2 Å². The van der Waals surface area contributed by atoms with Crippen molar-refractivity contribution in [3.05, 3.63) is 35.3 Å². The Hall–Kier alpha value is -3.35. The zero-order valence-electron chi connectivity index (χ0n) is 19.5. The molecule has 0 fully saturated rings. The topological polar surface area (TPSA) is 141 Å². The number of hydrogen-bond acceptors (Lipinski definition) is 7. The summed E-state index contributed by atoms with van der Waals surface area (Å²) in [5, 5.41) is 8.86. The summed E-state index contributed by atoms with van der Waals surface area (Å²) in [7, 11) is -2.95. The normalized spacial score (nSPS) is 15.5. The zero-order valence-corrected chi connectivity index (χ0v) is 20.3. The number of nitrogens with one attached hydrogen (secondary N) is 3. The summed E-state index contributed by atoms with van der Waals surface area (Å²) in [4.78, 5) is 23.8. The van der Waals surface area contributed by atoms with Crippen molar-refractivity contribution in [2.45, 2.75) is 57.1 Å². The maximum atomic E-state index is 14.1. The largest absolute Gasteiger partial charge is 0.473 e. The van der Waals surface area contributed by atoms with Crippen LogP contribution in [0.4, 0.5) is 19.7 Å². The summed E-state index contributed by atoms with van der Waals surface area (Å²) in [6.07, 6.45) is -0.274. The molecule has 0 saturated heterocycles. The first-order valence-electron chi connectivity index (χ1n) is 10.7. The predicted molar refractivity (Wildman–Crippen MR) is 121 cm³/mol. The molecule has 13 heteroatoms. The Balaban J connectivity index is 1.81. The van der Waals surface area contributed by atoms with E-state index < -0.39 is 34.1 Å². The van der Waals surface area contributed by atoms with Crippen LogP contribution in [0.3, 0.4) is 0 Å². The number of amides is 3. The molecule has 3 amide bonds. The zero-order chi connectivity index (χ0) is 25.2. The smallest absolute Gasteiger partial charge is 0.407 e. The van der Waals surface area contributed by atoms with E-state index in [9.17, 15) is 22.4 Å². The third kappa shape index (κ3) is 5.41. The first-order valence-corrected chi connectivity index (χ1v) is 12.1. The minimum Gasteiger partial charge on any atom is -0.473 e. The molecule has 0 radical (unpaired) electrons. The van der Waals surface area contributed by atoms with Gasteiger partial charge in [0, 0.05) is 12.7 Å². The standard InChI is InChI=1S/C21H28FN5O6S/c1-11(2)15-6-13(22)7-16(12(3)4)18(15)25-20(28)26-34(30,31)17-8-24-27-9-14(10-32-19(17)27)33-21(29)23-5/h6-8,11-12,14H,9-10H2,1-5H3,(H,23,29)(H2,25,26,28). The Morgan fingerprint density at radius 2 is 1.82 bits per heavy atom. The number of fused-ring (bicyclic) bond motifs is 1. The van der Waals surface area contributed by atoms with E-state index in [4.69, 9.17) is 9.47 Å². The van der Waals surface area contributed by atoms with Crippen molar-refractivity contribution < 1.29 is 31.9 Å². The highest BCUT2D eigenvalue weighted by molar-refractivity contribution is 7.90. The van der Waals surface area contributed by atoms with E-state index in [-0.39, 0.29) is 35.8 Å². The molecule has 3 rings (SSSR count). The molecule has 186 valence electrons. The van der Waals surface area contributed by atoms with Crippen molar-refractivity contribution in [2.24, 2.45) is 0 Å². The number of aromatic nitrogens is 2. The SMILES string of the molecule is CNC(=O)OC1COc2c(S(=O)(=O)NC(=O)Nc3c(C(C)C)cc(F)cc3C(C)C)cnn2C1. The van der Waals surface area contributed by atoms with Crippen molar-refractivity contribution in [1.29, 1.82) is 0 Å². The number of nitrogens with zero attached hydrogens (tertiary/aromatic N) is 2. The third-order valence-electron chi connectivity index (χ3n) is 5.18. The van der Waals surface area contributed by atoms with Crippen LogP contribution in [-0.4, -0.2) is 50.1 Å². The van der Waals surface area contributed by atoms with Gasteiger partial charge in [-0.15, -0.1) is 0 Å². The fourth-order valence-corrected chi connectivity index (χ4v) is 4.52. The molecule has 2 aromatic rings.